The van der Waals surface area contributed by atoms with E-state index < -0.39 is 0 Å². The number of carbonyl (C=O) groups is 1. The minimum Gasteiger partial charge on any atom is -0.496 e. The molecule has 0 aliphatic rings. The van der Waals surface area contributed by atoms with Crippen LogP contribution in [0.4, 0.5) is 0 Å². The summed E-state index contributed by atoms with van der Waals surface area (Å²) in [5.41, 5.74) is 2.01. The lowest BCUT2D eigenvalue weighted by molar-refractivity contribution is -0.120. The SMILES string of the molecule is CCSc1ccc(CNC(=O)Cc2ccccc2OC)cc1. The van der Waals surface area contributed by atoms with Crippen molar-refractivity contribution in [3.05, 3.63) is 59.7 Å². The third-order valence-corrected chi connectivity index (χ3v) is 4.16. The van der Waals surface area contributed by atoms with Crippen molar-refractivity contribution in [1.29, 1.82) is 0 Å². The predicted octanol–water partition coefficient (Wildman–Crippen LogP) is 3.67. The van der Waals surface area contributed by atoms with Gasteiger partial charge in [-0.05, 0) is 29.5 Å². The molecule has 116 valence electrons. The molecule has 4 heteroatoms. The summed E-state index contributed by atoms with van der Waals surface area (Å²) >= 11 is 1.81. The van der Waals surface area contributed by atoms with Crippen molar-refractivity contribution in [1.82, 2.24) is 5.32 Å². The van der Waals surface area contributed by atoms with Gasteiger partial charge < -0.3 is 10.1 Å². The minimum atomic E-state index is -0.00323. The lowest BCUT2D eigenvalue weighted by Crippen LogP contribution is -2.24. The zero-order chi connectivity index (χ0) is 15.8. The van der Waals surface area contributed by atoms with E-state index in [-0.39, 0.29) is 5.91 Å². The highest BCUT2D eigenvalue weighted by Crippen LogP contribution is 2.19. The molecule has 0 unspecified atom stereocenters. The Hall–Kier alpha value is -1.94. The number of para-hydroxylation sites is 1. The van der Waals surface area contributed by atoms with Crippen LogP contribution < -0.4 is 10.1 Å². The monoisotopic (exact) mass is 315 g/mol. The summed E-state index contributed by atoms with van der Waals surface area (Å²) in [6, 6.07) is 15.9. The number of carbonyl (C=O) groups excluding carboxylic acids is 1. The number of hydrogen-bond acceptors (Lipinski definition) is 3. The second-order valence-corrected chi connectivity index (χ2v) is 6.18. The van der Waals surface area contributed by atoms with E-state index in [0.29, 0.717) is 13.0 Å². The van der Waals surface area contributed by atoms with Gasteiger partial charge in [-0.25, -0.2) is 0 Å². The summed E-state index contributed by atoms with van der Waals surface area (Å²) in [7, 11) is 1.62. The molecule has 0 aliphatic heterocycles. The van der Waals surface area contributed by atoms with Gasteiger partial charge in [0.1, 0.15) is 5.75 Å². The first-order valence-corrected chi connectivity index (χ1v) is 8.31. The van der Waals surface area contributed by atoms with Crippen LogP contribution in [0.15, 0.2) is 53.4 Å². The number of ether oxygens (including phenoxy) is 1. The number of amides is 1. The summed E-state index contributed by atoms with van der Waals surface area (Å²) in [5.74, 6) is 1.81. The highest BCUT2D eigenvalue weighted by molar-refractivity contribution is 7.99. The molecule has 0 saturated carbocycles. The molecule has 0 radical (unpaired) electrons. The molecular formula is C18H21NO2S. The first-order chi connectivity index (χ1) is 10.7. The third-order valence-electron chi connectivity index (χ3n) is 3.27. The number of methoxy groups -OCH3 is 1. The Morgan fingerprint density at radius 3 is 2.55 bits per heavy atom. The van der Waals surface area contributed by atoms with E-state index in [1.54, 1.807) is 7.11 Å². The molecular weight excluding hydrogens is 294 g/mol. The molecule has 0 saturated heterocycles. The van der Waals surface area contributed by atoms with Crippen LogP contribution in [0.1, 0.15) is 18.1 Å². The van der Waals surface area contributed by atoms with Crippen LogP contribution in [0, 0.1) is 0 Å². The number of thioether (sulfide) groups is 1. The van der Waals surface area contributed by atoms with Gasteiger partial charge in [-0.3, -0.25) is 4.79 Å². The van der Waals surface area contributed by atoms with Crippen molar-refractivity contribution in [2.75, 3.05) is 12.9 Å². The second-order valence-electron chi connectivity index (χ2n) is 4.84. The van der Waals surface area contributed by atoms with Gasteiger partial charge in [-0.1, -0.05) is 37.3 Å². The average Bonchev–Trinajstić information content (AvgIpc) is 2.55. The molecule has 0 atom stereocenters. The number of hydrogen-bond donors (Lipinski definition) is 1. The van der Waals surface area contributed by atoms with Gasteiger partial charge >= 0.3 is 0 Å². The van der Waals surface area contributed by atoms with Crippen LogP contribution in [0.25, 0.3) is 0 Å². The van der Waals surface area contributed by atoms with Gasteiger partial charge in [0.25, 0.3) is 0 Å². The molecule has 0 aliphatic carbocycles. The van der Waals surface area contributed by atoms with Crippen LogP contribution in [-0.2, 0) is 17.8 Å². The maximum Gasteiger partial charge on any atom is 0.224 e. The van der Waals surface area contributed by atoms with Crippen molar-refractivity contribution < 1.29 is 9.53 Å². The Labute approximate surface area is 136 Å². The summed E-state index contributed by atoms with van der Waals surface area (Å²) in [6.07, 6.45) is 0.327. The lowest BCUT2D eigenvalue weighted by Gasteiger charge is -2.09. The largest absolute Gasteiger partial charge is 0.496 e. The Kier molecular flexibility index (Phi) is 6.34. The molecule has 1 amide bonds. The van der Waals surface area contributed by atoms with Gasteiger partial charge in [-0.2, -0.15) is 0 Å². The van der Waals surface area contributed by atoms with E-state index in [1.165, 1.54) is 4.90 Å². The quantitative estimate of drug-likeness (QED) is 0.792. The van der Waals surface area contributed by atoms with Crippen LogP contribution in [0.5, 0.6) is 5.75 Å². The van der Waals surface area contributed by atoms with Gasteiger partial charge in [0, 0.05) is 17.0 Å². The van der Waals surface area contributed by atoms with E-state index in [4.69, 9.17) is 4.74 Å². The molecule has 0 fully saturated rings. The fourth-order valence-corrected chi connectivity index (χ4v) is 2.82. The smallest absolute Gasteiger partial charge is 0.224 e. The topological polar surface area (TPSA) is 38.3 Å². The third kappa shape index (κ3) is 4.81. The van der Waals surface area contributed by atoms with Gasteiger partial charge in [0.05, 0.1) is 13.5 Å². The fraction of sp³-hybridized carbons (Fsp3) is 0.278. The highest BCUT2D eigenvalue weighted by Gasteiger charge is 2.07. The molecule has 2 aromatic carbocycles. The molecule has 2 aromatic rings. The second kappa shape index (κ2) is 8.49. The summed E-state index contributed by atoms with van der Waals surface area (Å²) in [5, 5.41) is 2.95. The Balaban J connectivity index is 1.87. The Morgan fingerprint density at radius 2 is 1.86 bits per heavy atom. The Bertz CT molecular complexity index is 611. The fourth-order valence-electron chi connectivity index (χ4n) is 2.16. The van der Waals surface area contributed by atoms with Gasteiger partial charge in [-0.15, -0.1) is 11.8 Å². The van der Waals surface area contributed by atoms with Crippen LogP contribution >= 0.6 is 11.8 Å². The van der Waals surface area contributed by atoms with Gasteiger partial charge in [0.2, 0.25) is 5.91 Å². The van der Waals surface area contributed by atoms with E-state index in [0.717, 1.165) is 22.6 Å². The number of nitrogens with one attached hydrogen (secondary N) is 1. The molecule has 22 heavy (non-hydrogen) atoms. The van der Waals surface area contributed by atoms with Crippen molar-refractivity contribution >= 4 is 17.7 Å². The van der Waals surface area contributed by atoms with Crippen molar-refractivity contribution in [3.63, 3.8) is 0 Å². The van der Waals surface area contributed by atoms with Gasteiger partial charge in [0.15, 0.2) is 0 Å². The van der Waals surface area contributed by atoms with Crippen LogP contribution in [0.3, 0.4) is 0 Å². The number of benzene rings is 2. The van der Waals surface area contributed by atoms with E-state index >= 15 is 0 Å². The minimum absolute atomic E-state index is 0.00323. The molecule has 0 heterocycles. The summed E-state index contributed by atoms with van der Waals surface area (Å²) in [6.45, 7) is 2.68. The zero-order valence-corrected chi connectivity index (χ0v) is 13.8. The maximum atomic E-state index is 12.1. The van der Waals surface area contributed by atoms with E-state index in [2.05, 4.69) is 36.5 Å². The Morgan fingerprint density at radius 1 is 1.14 bits per heavy atom. The standard InChI is InChI=1S/C18H21NO2S/c1-3-22-16-10-8-14(9-11-16)13-19-18(20)12-15-6-4-5-7-17(15)21-2/h4-11H,3,12-13H2,1-2H3,(H,19,20). The normalized spacial score (nSPS) is 10.3. The molecule has 0 bridgehead atoms. The highest BCUT2D eigenvalue weighted by atomic mass is 32.2. The van der Waals surface area contributed by atoms with Crippen molar-refractivity contribution in [2.45, 2.75) is 24.8 Å². The first-order valence-electron chi connectivity index (χ1n) is 7.33. The molecule has 0 aromatic heterocycles. The average molecular weight is 315 g/mol. The molecule has 0 spiro atoms. The molecule has 3 nitrogen and oxygen atoms in total. The van der Waals surface area contributed by atoms with Crippen LogP contribution in [-0.4, -0.2) is 18.8 Å². The lowest BCUT2D eigenvalue weighted by atomic mass is 10.1. The van der Waals surface area contributed by atoms with E-state index in [9.17, 15) is 4.79 Å². The van der Waals surface area contributed by atoms with Crippen LogP contribution in [0.2, 0.25) is 0 Å². The van der Waals surface area contributed by atoms with Crippen molar-refractivity contribution in [3.8, 4) is 5.75 Å². The summed E-state index contributed by atoms with van der Waals surface area (Å²) in [4.78, 5) is 13.3. The molecule has 2 rings (SSSR count). The van der Waals surface area contributed by atoms with E-state index in [1.807, 2.05) is 36.0 Å². The number of rotatable bonds is 7. The first kappa shape index (κ1) is 16.4. The predicted molar refractivity (Wildman–Crippen MR) is 91.4 cm³/mol. The summed E-state index contributed by atoms with van der Waals surface area (Å²) < 4.78 is 5.26. The molecule has 1 N–H and O–H groups in total. The van der Waals surface area contributed by atoms with Crippen molar-refractivity contribution in [2.24, 2.45) is 0 Å². The maximum absolute atomic E-state index is 12.1. The zero-order valence-electron chi connectivity index (χ0n) is 13.0.